The van der Waals surface area contributed by atoms with Crippen LogP contribution in [0.1, 0.15) is 78.7 Å². The summed E-state index contributed by atoms with van der Waals surface area (Å²) in [4.78, 5) is 76.3. The summed E-state index contributed by atoms with van der Waals surface area (Å²) in [6.07, 6.45) is 3.60. The number of fused-ring (bicyclic) bond motifs is 1. The maximum Gasteiger partial charge on any atom is 0.264 e. The lowest BCUT2D eigenvalue weighted by Gasteiger charge is -2.40. The van der Waals surface area contributed by atoms with Crippen molar-refractivity contribution in [1.82, 2.24) is 30.2 Å². The van der Waals surface area contributed by atoms with E-state index >= 15 is 0 Å². The molecule has 0 aromatic heterocycles. The molecule has 0 bridgehead atoms. The lowest BCUT2D eigenvalue weighted by atomic mass is 9.93. The number of rotatable bonds is 14. The van der Waals surface area contributed by atoms with Crippen molar-refractivity contribution in [1.29, 1.82) is 0 Å². The quantitative estimate of drug-likeness (QED) is 0.165. The Hall–Kier alpha value is -4.92. The molecule has 0 saturated carbocycles. The molecule has 316 valence electrons. The number of nitrogens with zero attached hydrogens (tertiary/aromatic N) is 6. The van der Waals surface area contributed by atoms with Gasteiger partial charge in [-0.1, -0.05) is 29.8 Å². The van der Waals surface area contributed by atoms with Crippen LogP contribution in [0.25, 0.3) is 0 Å². The van der Waals surface area contributed by atoms with Gasteiger partial charge in [0.1, 0.15) is 11.9 Å². The number of carbonyl (C=O) groups is 5. The number of amides is 5. The number of hydrogen-bond donors (Lipinski definition) is 2. The fraction of sp³-hybridized carbons (Fsp3) is 0.533. The van der Waals surface area contributed by atoms with Crippen molar-refractivity contribution in [3.8, 4) is 0 Å². The van der Waals surface area contributed by atoms with E-state index in [0.29, 0.717) is 43.8 Å². The van der Waals surface area contributed by atoms with Crippen molar-refractivity contribution in [3.63, 3.8) is 0 Å². The average Bonchev–Trinajstić information content (AvgIpc) is 3.75. The molecule has 0 spiro atoms. The van der Waals surface area contributed by atoms with E-state index in [0.717, 1.165) is 74.7 Å². The molecule has 2 unspecified atom stereocenters. The zero-order valence-corrected chi connectivity index (χ0v) is 35.1. The highest BCUT2D eigenvalue weighted by Crippen LogP contribution is 2.37. The van der Waals surface area contributed by atoms with Crippen molar-refractivity contribution in [3.05, 3.63) is 82.2 Å². The maximum absolute atomic E-state index is 14.6. The second kappa shape index (κ2) is 18.1. The van der Waals surface area contributed by atoms with Gasteiger partial charge in [0.2, 0.25) is 17.7 Å². The molecule has 5 heterocycles. The summed E-state index contributed by atoms with van der Waals surface area (Å²) in [7, 11) is 4.28. The zero-order valence-electron chi connectivity index (χ0n) is 35.1. The van der Waals surface area contributed by atoms with Crippen LogP contribution in [0.2, 0.25) is 0 Å². The summed E-state index contributed by atoms with van der Waals surface area (Å²) in [6.45, 7) is 14.5. The van der Waals surface area contributed by atoms with Crippen LogP contribution in [0.15, 0.2) is 65.5 Å². The maximum atomic E-state index is 14.6. The Morgan fingerprint density at radius 3 is 2.29 bits per heavy atom. The molecule has 0 aliphatic carbocycles. The van der Waals surface area contributed by atoms with Gasteiger partial charge in [-0.3, -0.25) is 44.0 Å². The molecule has 14 heteroatoms. The first-order chi connectivity index (χ1) is 28.3. The lowest BCUT2D eigenvalue weighted by molar-refractivity contribution is -0.136. The summed E-state index contributed by atoms with van der Waals surface area (Å²) in [5.74, 6) is -2.13. The van der Waals surface area contributed by atoms with E-state index in [1.165, 1.54) is 11.3 Å². The first-order valence-corrected chi connectivity index (χ1v) is 21.2. The summed E-state index contributed by atoms with van der Waals surface area (Å²) in [5.41, 5.74) is 5.46. The molecule has 5 aliphatic heterocycles. The van der Waals surface area contributed by atoms with Crippen LogP contribution in [0.4, 0.5) is 15.8 Å². The number of carbonyl (C=O) groups excluding carboxylic acids is 5. The van der Waals surface area contributed by atoms with Gasteiger partial charge in [-0.05, 0) is 90.5 Å². The molecule has 59 heavy (non-hydrogen) atoms. The van der Waals surface area contributed by atoms with E-state index in [2.05, 4.69) is 68.6 Å². The van der Waals surface area contributed by atoms with E-state index in [-0.39, 0.29) is 41.6 Å². The number of allylic oxidation sites excluding steroid dienone is 2. The van der Waals surface area contributed by atoms with Crippen molar-refractivity contribution in [2.75, 3.05) is 95.9 Å². The van der Waals surface area contributed by atoms with Crippen LogP contribution in [0, 0.1) is 5.92 Å². The molecule has 4 fully saturated rings. The van der Waals surface area contributed by atoms with Gasteiger partial charge in [0.25, 0.3) is 11.8 Å². The third kappa shape index (κ3) is 9.00. The lowest BCUT2D eigenvalue weighted by Crippen LogP contribution is -2.55. The third-order valence-electron chi connectivity index (χ3n) is 12.9. The van der Waals surface area contributed by atoms with Crippen LogP contribution >= 0.6 is 0 Å². The largest absolute Gasteiger partial charge is 0.369 e. The van der Waals surface area contributed by atoms with Crippen LogP contribution in [0.3, 0.4) is 0 Å². The van der Waals surface area contributed by atoms with Crippen LogP contribution in [-0.2, 0) is 14.4 Å². The number of hydrogen-bond acceptors (Lipinski definition) is 10. The Morgan fingerprint density at radius 1 is 0.898 bits per heavy atom. The molecule has 2 N–H and O–H groups in total. The molecule has 3 atom stereocenters. The van der Waals surface area contributed by atoms with E-state index < -0.39 is 29.7 Å². The van der Waals surface area contributed by atoms with Gasteiger partial charge in [0, 0.05) is 95.1 Å². The molecule has 4 saturated heterocycles. The molecule has 5 amide bonds. The predicted molar refractivity (Wildman–Crippen MR) is 226 cm³/mol. The number of benzene rings is 2. The number of nitrogens with one attached hydrogen (secondary N) is 2. The number of likely N-dealkylation sites (N-methyl/N-ethyl adjacent to an activating group) is 1. The van der Waals surface area contributed by atoms with Crippen molar-refractivity contribution >= 4 is 40.9 Å². The fourth-order valence-electron chi connectivity index (χ4n) is 9.30. The van der Waals surface area contributed by atoms with Crippen LogP contribution < -0.4 is 20.4 Å². The monoisotopic (exact) mass is 810 g/mol. The van der Waals surface area contributed by atoms with Gasteiger partial charge >= 0.3 is 0 Å². The predicted octanol–water partition coefficient (Wildman–Crippen LogP) is 3.78. The van der Waals surface area contributed by atoms with E-state index in [9.17, 15) is 28.4 Å². The SMILES string of the molecule is C/C=C(/F)C(CN1CC(c2ccc(N3CCN(CCCCNC(=O)C4CN(c5cccc6c5C(=O)N(C5CCC(=O)NC5=O)C6=O)C4)CC3)cc2)[C@@H](N(C)C)C1)=C(C)C. The second-order valence-corrected chi connectivity index (χ2v) is 17.1. The summed E-state index contributed by atoms with van der Waals surface area (Å²) < 4.78 is 14.6. The molecule has 2 aromatic carbocycles. The molecule has 0 radical (unpaired) electrons. The number of anilines is 2. The Morgan fingerprint density at radius 2 is 1.63 bits per heavy atom. The molecule has 7 rings (SSSR count). The van der Waals surface area contributed by atoms with E-state index in [4.69, 9.17) is 0 Å². The van der Waals surface area contributed by atoms with E-state index in [1.807, 2.05) is 18.7 Å². The number of unbranched alkanes of at least 4 members (excludes halogenated alkanes) is 1. The summed E-state index contributed by atoms with van der Waals surface area (Å²) in [6, 6.07) is 13.5. The number of piperazine rings is 1. The summed E-state index contributed by atoms with van der Waals surface area (Å²) in [5, 5.41) is 5.31. The molecule has 13 nitrogen and oxygen atoms in total. The van der Waals surface area contributed by atoms with Crippen molar-refractivity contribution in [2.24, 2.45) is 5.92 Å². The Kier molecular flexibility index (Phi) is 13.0. The van der Waals surface area contributed by atoms with Gasteiger partial charge in [-0.15, -0.1) is 0 Å². The first-order valence-electron chi connectivity index (χ1n) is 21.2. The highest BCUT2D eigenvalue weighted by atomic mass is 19.1. The minimum absolute atomic E-state index is 0.0128. The van der Waals surface area contributed by atoms with Gasteiger partial charge in [0.15, 0.2) is 0 Å². The third-order valence-corrected chi connectivity index (χ3v) is 12.9. The van der Waals surface area contributed by atoms with Gasteiger partial charge in [-0.2, -0.15) is 0 Å². The second-order valence-electron chi connectivity index (χ2n) is 17.1. The van der Waals surface area contributed by atoms with Gasteiger partial charge in [0.05, 0.1) is 22.7 Å². The van der Waals surface area contributed by atoms with Crippen LogP contribution in [-0.4, -0.2) is 147 Å². The molecule has 5 aliphatic rings. The number of likely N-dealkylation sites (tertiary alicyclic amines) is 1. The number of piperidine rings is 1. The van der Waals surface area contributed by atoms with Gasteiger partial charge < -0.3 is 20.0 Å². The number of imide groups is 2. The minimum atomic E-state index is -1.02. The molecular formula is C45H59FN8O5. The van der Waals surface area contributed by atoms with Crippen molar-refractivity contribution < 1.29 is 28.4 Å². The fourth-order valence-corrected chi connectivity index (χ4v) is 9.30. The first kappa shape index (κ1) is 42.2. The number of halogens is 1. The van der Waals surface area contributed by atoms with E-state index in [1.54, 1.807) is 31.2 Å². The molecular weight excluding hydrogens is 752 g/mol. The zero-order chi connectivity index (χ0) is 42.0. The van der Waals surface area contributed by atoms with Crippen LogP contribution in [0.5, 0.6) is 0 Å². The Bertz CT molecular complexity index is 2000. The average molecular weight is 811 g/mol. The smallest absolute Gasteiger partial charge is 0.264 e. The minimum Gasteiger partial charge on any atom is -0.369 e. The highest BCUT2D eigenvalue weighted by Gasteiger charge is 2.47. The highest BCUT2D eigenvalue weighted by molar-refractivity contribution is 6.25. The standard InChI is InChI=1S/C45H59FN8O5/c1-6-36(46)34(29(2)3)26-51-27-35(39(28-51)49(4)5)30-12-14-32(15-13-30)52-22-20-50(21-23-52)19-8-7-18-47-42(56)31-24-53(25-31)37-11-9-10-33-41(37)45(59)54(44(33)58)38-16-17-40(55)48-43(38)57/h6,9-15,31,35,38-39H,7-8,16-28H2,1-5H3,(H,47,56)(H,48,55,57)/b36-6+/t35?,38?,39-/m0/s1. The Labute approximate surface area is 347 Å². The Balaban J connectivity index is 0.810. The topological polar surface area (TPSA) is 129 Å². The van der Waals surface area contributed by atoms with Crippen molar-refractivity contribution in [2.45, 2.75) is 64.5 Å². The van der Waals surface area contributed by atoms with Gasteiger partial charge in [-0.25, -0.2) is 4.39 Å². The normalized spacial score (nSPS) is 23.2. The summed E-state index contributed by atoms with van der Waals surface area (Å²) >= 11 is 0. The molecule has 2 aromatic rings.